The minimum Gasteiger partial charge on any atom is -0.471 e. The number of fused-ring (bicyclic) bond motifs is 2. The first-order chi connectivity index (χ1) is 32.7. The number of imidazole rings is 2. The number of aliphatic hydroxyl groups is 1. The van der Waals surface area contributed by atoms with E-state index in [9.17, 15) is 45.5 Å². The third kappa shape index (κ3) is 16.2. The number of nitrogens with two attached hydrogens (primary N) is 1. The van der Waals surface area contributed by atoms with E-state index in [4.69, 9.17) is 38.8 Å². The number of aromatic nitrogens is 10. The highest BCUT2D eigenvalue weighted by atomic mass is 35.5. The molecule has 2 fully saturated rings. The molecule has 2 amide bonds. The molecule has 0 unspecified atom stereocenters. The second kappa shape index (κ2) is 27.7. The number of aryl methyl sites for hydroxylation is 2. The van der Waals surface area contributed by atoms with Gasteiger partial charge < -0.3 is 44.6 Å². The van der Waals surface area contributed by atoms with Crippen molar-refractivity contribution in [3.8, 4) is 5.88 Å². The van der Waals surface area contributed by atoms with Crippen LogP contribution < -0.4 is 15.8 Å². The molecular weight excluding hydrogens is 973 g/mol. The predicted octanol–water partition coefficient (Wildman–Crippen LogP) is 6.09. The van der Waals surface area contributed by atoms with Crippen molar-refractivity contribution < 1.29 is 60.1 Å². The average Bonchev–Trinajstić information content (AvgIpc) is 4.14. The van der Waals surface area contributed by atoms with Gasteiger partial charge in [-0.1, -0.05) is 37.0 Å². The number of ether oxygens (including phenoxy) is 2. The van der Waals surface area contributed by atoms with Crippen molar-refractivity contribution >= 4 is 80.8 Å². The molecule has 21 nitrogen and oxygen atoms in total. The molecule has 2 aliphatic heterocycles. The summed E-state index contributed by atoms with van der Waals surface area (Å²) in [5.41, 5.74) is 7.07. The van der Waals surface area contributed by atoms with Crippen LogP contribution >= 0.6 is 23.2 Å². The van der Waals surface area contributed by atoms with Crippen LogP contribution in [0.3, 0.4) is 0 Å². The van der Waals surface area contributed by atoms with Crippen LogP contribution in [0.15, 0.2) is 19.0 Å². The third-order valence-corrected chi connectivity index (χ3v) is 10.1. The van der Waals surface area contributed by atoms with Gasteiger partial charge in [0.15, 0.2) is 44.6 Å². The number of anilines is 2. The monoisotopic (exact) mass is 1020 g/mol. The molecule has 0 radical (unpaired) electrons. The minimum absolute atomic E-state index is 0.0733. The van der Waals surface area contributed by atoms with Crippen LogP contribution in [-0.2, 0) is 37.0 Å². The first kappa shape index (κ1) is 57.1. The molecule has 0 saturated carbocycles. The SMILES string of the molecule is CC(=O)OC(=O)C(F)F.CCC(=O)N1CC[C@H](O)C1.CCC(=O)N1CC[C@H](Oc2ncnc3c2nc(C(F)F)n3CC)C1.CCNc1ncnc(Cl)c1N.CCn1c(C(F)F)nc2c(Cl)ncnc21. The highest BCUT2D eigenvalue weighted by Gasteiger charge is 2.29. The zero-order valence-corrected chi connectivity index (χ0v) is 39.8. The van der Waals surface area contributed by atoms with Crippen molar-refractivity contribution in [2.45, 2.75) is 112 Å². The number of carbonyl (C=O) groups is 4. The molecule has 0 spiro atoms. The fraction of sp³-hybridized carbons (Fsp3) is 0.550. The lowest BCUT2D eigenvalue weighted by Gasteiger charge is -2.16. The van der Waals surface area contributed by atoms with Crippen LogP contribution in [0.2, 0.25) is 10.3 Å². The van der Waals surface area contributed by atoms with E-state index in [2.05, 4.69) is 49.9 Å². The number of carbonyl (C=O) groups excluding carboxylic acids is 4. The maximum Gasteiger partial charge on any atom is 0.381 e. The summed E-state index contributed by atoms with van der Waals surface area (Å²) in [4.78, 5) is 76.7. The van der Waals surface area contributed by atoms with Crippen LogP contribution in [0.5, 0.6) is 5.88 Å². The lowest BCUT2D eigenvalue weighted by atomic mass is 10.3. The lowest BCUT2D eigenvalue weighted by Crippen LogP contribution is -2.30. The quantitative estimate of drug-likeness (QED) is 0.0585. The fourth-order valence-corrected chi connectivity index (χ4v) is 6.70. The Morgan fingerprint density at radius 2 is 1.26 bits per heavy atom. The molecule has 2 atom stereocenters. The highest BCUT2D eigenvalue weighted by Crippen LogP contribution is 2.29. The molecule has 5 aromatic rings. The first-order valence-electron chi connectivity index (χ1n) is 21.3. The maximum atomic E-state index is 13.2. The Morgan fingerprint density at radius 1 is 0.754 bits per heavy atom. The third-order valence-electron chi connectivity index (χ3n) is 9.57. The van der Waals surface area contributed by atoms with E-state index in [1.807, 2.05) is 20.8 Å². The van der Waals surface area contributed by atoms with Crippen molar-refractivity contribution in [3.05, 3.63) is 40.9 Å². The molecule has 29 heteroatoms. The number of β-amino-alcohol motifs (C(OH)–C–C–N with tert-alkyl or cyclic N) is 1. The molecule has 380 valence electrons. The standard InChI is InChI=1S/C15H19F2N5O2.C8H7ClF2N4.C7H13NO2.C6H9ClN4.C4H4F2O3/c1-3-10(23)21-6-5-9(7-21)24-15-11-13(18-8-19-15)22(4-2)14(20-11)12(16)17;1-2-15-7-4(5(9)12-3-13-7)14-8(15)6(10)11;1-2-7(10)8-4-3-6(9)5-8;1-2-9-6-4(8)5(7)10-3-11-6;1-2(7)9-4(8)3(5)6/h8-9,12H,3-7H2,1-2H3;3,6H,2H2,1H3;6,9H,2-5H2,1H3;3H,2,8H2,1H3,(H,9,10,11);3H,1H3/t9-;;6-;;/m0.0../s1. The van der Waals surface area contributed by atoms with E-state index in [-0.39, 0.29) is 62.9 Å². The second-order valence-corrected chi connectivity index (χ2v) is 15.0. The van der Waals surface area contributed by atoms with Gasteiger partial charge >= 0.3 is 18.4 Å². The maximum absolute atomic E-state index is 13.2. The molecular formula is C40H52Cl2F6N14O7. The van der Waals surface area contributed by atoms with Crippen LogP contribution in [0, 0.1) is 0 Å². The summed E-state index contributed by atoms with van der Waals surface area (Å²) >= 11 is 11.4. The molecule has 0 aliphatic carbocycles. The second-order valence-electron chi connectivity index (χ2n) is 14.2. The van der Waals surface area contributed by atoms with E-state index in [1.165, 1.54) is 28.1 Å². The van der Waals surface area contributed by atoms with E-state index >= 15 is 0 Å². The smallest absolute Gasteiger partial charge is 0.381 e. The number of amides is 2. The molecule has 0 bridgehead atoms. The molecule has 2 aliphatic rings. The number of hydrogen-bond donors (Lipinski definition) is 3. The number of likely N-dealkylation sites (tertiary alicyclic amines) is 2. The number of nitrogens with zero attached hydrogens (tertiary/aromatic N) is 12. The van der Waals surface area contributed by atoms with Crippen molar-refractivity contribution in [3.63, 3.8) is 0 Å². The summed E-state index contributed by atoms with van der Waals surface area (Å²) in [5.74, 6) is -2.50. The van der Waals surface area contributed by atoms with Crippen LogP contribution in [0.4, 0.5) is 37.8 Å². The number of esters is 2. The number of rotatable bonds is 11. The van der Waals surface area contributed by atoms with Crippen molar-refractivity contribution in [2.75, 3.05) is 43.8 Å². The molecule has 0 aromatic carbocycles. The van der Waals surface area contributed by atoms with Gasteiger partial charge in [0.1, 0.15) is 36.3 Å². The first-order valence-corrected chi connectivity index (χ1v) is 22.0. The summed E-state index contributed by atoms with van der Waals surface area (Å²) in [6, 6.07) is 0. The van der Waals surface area contributed by atoms with Gasteiger partial charge in [-0.05, 0) is 27.2 Å². The lowest BCUT2D eigenvalue weighted by molar-refractivity contribution is -0.166. The van der Waals surface area contributed by atoms with E-state index < -0.39 is 31.2 Å². The molecule has 7 rings (SSSR count). The summed E-state index contributed by atoms with van der Waals surface area (Å²) in [6.07, 6.45) is -2.78. The molecule has 4 N–H and O–H groups in total. The van der Waals surface area contributed by atoms with Gasteiger partial charge in [-0.15, -0.1) is 0 Å². The highest BCUT2D eigenvalue weighted by molar-refractivity contribution is 6.33. The van der Waals surface area contributed by atoms with E-state index in [0.717, 1.165) is 26.4 Å². The van der Waals surface area contributed by atoms with Gasteiger partial charge in [-0.2, -0.15) is 13.8 Å². The molecule has 2 saturated heterocycles. The van der Waals surface area contributed by atoms with Crippen LogP contribution in [0.1, 0.15) is 91.7 Å². The Hall–Kier alpha value is -6.22. The Bertz CT molecular complexity index is 2490. The van der Waals surface area contributed by atoms with Gasteiger partial charge in [0, 0.05) is 65.5 Å². The summed E-state index contributed by atoms with van der Waals surface area (Å²) < 4.78 is 85.9. The van der Waals surface area contributed by atoms with Crippen molar-refractivity contribution in [1.82, 2.24) is 58.8 Å². The number of alkyl halides is 6. The Balaban J connectivity index is 0.000000243. The predicted molar refractivity (Wildman–Crippen MR) is 239 cm³/mol. The summed E-state index contributed by atoms with van der Waals surface area (Å²) in [7, 11) is 0. The van der Waals surface area contributed by atoms with Gasteiger partial charge in [0.2, 0.25) is 17.7 Å². The van der Waals surface area contributed by atoms with Crippen LogP contribution in [-0.4, -0.2) is 139 Å². The van der Waals surface area contributed by atoms with Crippen LogP contribution in [0.25, 0.3) is 22.3 Å². The van der Waals surface area contributed by atoms with E-state index in [0.29, 0.717) is 74.8 Å². The number of nitrogens with one attached hydrogen (secondary N) is 1. The zero-order chi connectivity index (χ0) is 51.5. The number of halogens is 8. The van der Waals surface area contributed by atoms with Crippen molar-refractivity contribution in [1.29, 1.82) is 0 Å². The zero-order valence-electron chi connectivity index (χ0n) is 38.3. The summed E-state index contributed by atoms with van der Waals surface area (Å²) in [5, 5.41) is 12.4. The minimum atomic E-state index is -3.23. The summed E-state index contributed by atoms with van der Waals surface area (Å²) in [6.45, 7) is 13.8. The normalized spacial score (nSPS) is 15.2. The average molecular weight is 1030 g/mol. The number of nitrogen functional groups attached to an aromatic ring is 1. The van der Waals surface area contributed by atoms with Gasteiger partial charge in [-0.3, -0.25) is 14.4 Å². The Kier molecular flexibility index (Phi) is 22.9. The van der Waals surface area contributed by atoms with Crippen molar-refractivity contribution in [2.24, 2.45) is 0 Å². The number of aliphatic hydroxyl groups excluding tert-OH is 1. The Morgan fingerprint density at radius 3 is 1.74 bits per heavy atom. The molecule has 5 aromatic heterocycles. The molecule has 69 heavy (non-hydrogen) atoms. The van der Waals surface area contributed by atoms with E-state index in [1.54, 1.807) is 23.6 Å². The van der Waals surface area contributed by atoms with Gasteiger partial charge in [0.25, 0.3) is 12.9 Å². The van der Waals surface area contributed by atoms with Gasteiger partial charge in [0.05, 0.1) is 12.6 Å². The topological polar surface area (TPSA) is 264 Å². The Labute approximate surface area is 401 Å². The van der Waals surface area contributed by atoms with Gasteiger partial charge in [-0.25, -0.2) is 57.2 Å². The fourth-order valence-electron chi connectivity index (χ4n) is 6.39. The molecule has 7 heterocycles. The largest absolute Gasteiger partial charge is 0.471 e. The number of hydrogen-bond acceptors (Lipinski definition) is 17.